The zero-order valence-electron chi connectivity index (χ0n) is 9.32. The van der Waals surface area contributed by atoms with E-state index in [1.165, 1.54) is 6.07 Å². The van der Waals surface area contributed by atoms with Gasteiger partial charge in [0, 0.05) is 5.39 Å². The van der Waals surface area contributed by atoms with Gasteiger partial charge in [-0.15, -0.1) is 0 Å². The number of aromatic nitrogens is 3. The van der Waals surface area contributed by atoms with Gasteiger partial charge in [-0.3, -0.25) is 0 Å². The summed E-state index contributed by atoms with van der Waals surface area (Å²) in [6, 6.07) is 12.5. The molecule has 0 saturated carbocycles. The smallest absolute Gasteiger partial charge is 0.354 e. The SMILES string of the molecule is O=C(O)c1cccc(-n2ncc3ccccc32)n1. The molecule has 1 N–H and O–H groups in total. The first-order valence-electron chi connectivity index (χ1n) is 5.39. The van der Waals surface area contributed by atoms with Crippen molar-refractivity contribution in [2.45, 2.75) is 0 Å². The van der Waals surface area contributed by atoms with Crippen LogP contribution in [0.2, 0.25) is 0 Å². The molecule has 0 aliphatic rings. The fraction of sp³-hybridized carbons (Fsp3) is 0. The van der Waals surface area contributed by atoms with Crippen molar-refractivity contribution in [3.63, 3.8) is 0 Å². The van der Waals surface area contributed by atoms with Crippen LogP contribution in [0.4, 0.5) is 0 Å². The molecule has 0 fully saturated rings. The third-order valence-electron chi connectivity index (χ3n) is 2.65. The summed E-state index contributed by atoms with van der Waals surface area (Å²) in [5.41, 5.74) is 0.902. The number of carboxylic acids is 1. The normalized spacial score (nSPS) is 10.7. The number of fused-ring (bicyclic) bond motifs is 1. The summed E-state index contributed by atoms with van der Waals surface area (Å²) in [5.74, 6) is -0.551. The van der Waals surface area contributed by atoms with E-state index in [1.54, 1.807) is 23.0 Å². The molecule has 0 bridgehead atoms. The third kappa shape index (κ3) is 1.62. The van der Waals surface area contributed by atoms with Gasteiger partial charge in [0.05, 0.1) is 11.7 Å². The van der Waals surface area contributed by atoms with Crippen molar-refractivity contribution in [3.05, 3.63) is 54.4 Å². The molecule has 0 amide bonds. The standard InChI is InChI=1S/C13H9N3O2/c17-13(18)10-5-3-7-12(15-10)16-11-6-2-1-4-9(11)8-14-16/h1-8H,(H,17,18). The molecule has 3 aromatic rings. The molecule has 0 unspecified atom stereocenters. The molecule has 0 spiro atoms. The zero-order chi connectivity index (χ0) is 12.5. The Morgan fingerprint density at radius 1 is 1.11 bits per heavy atom. The van der Waals surface area contributed by atoms with Gasteiger partial charge >= 0.3 is 5.97 Å². The van der Waals surface area contributed by atoms with Gasteiger partial charge in [0.2, 0.25) is 0 Å². The van der Waals surface area contributed by atoms with Crippen molar-refractivity contribution < 1.29 is 9.90 Å². The molecule has 18 heavy (non-hydrogen) atoms. The number of carbonyl (C=O) groups is 1. The van der Waals surface area contributed by atoms with E-state index in [4.69, 9.17) is 5.11 Å². The Morgan fingerprint density at radius 3 is 2.78 bits per heavy atom. The van der Waals surface area contributed by atoms with Crippen LogP contribution in [0.1, 0.15) is 10.5 Å². The lowest BCUT2D eigenvalue weighted by Gasteiger charge is -2.03. The van der Waals surface area contributed by atoms with Crippen molar-refractivity contribution in [1.82, 2.24) is 14.8 Å². The van der Waals surface area contributed by atoms with Crippen LogP contribution in [-0.2, 0) is 0 Å². The molecule has 3 rings (SSSR count). The fourth-order valence-electron chi connectivity index (χ4n) is 1.81. The van der Waals surface area contributed by atoms with Gasteiger partial charge in [-0.2, -0.15) is 5.10 Å². The quantitative estimate of drug-likeness (QED) is 0.743. The van der Waals surface area contributed by atoms with Gasteiger partial charge in [0.25, 0.3) is 0 Å². The van der Waals surface area contributed by atoms with E-state index >= 15 is 0 Å². The van der Waals surface area contributed by atoms with Crippen LogP contribution in [0.25, 0.3) is 16.7 Å². The van der Waals surface area contributed by atoms with E-state index in [9.17, 15) is 4.79 Å². The Balaban J connectivity index is 2.20. The average Bonchev–Trinajstić information content (AvgIpc) is 2.82. The monoisotopic (exact) mass is 239 g/mol. The van der Waals surface area contributed by atoms with Crippen LogP contribution >= 0.6 is 0 Å². The highest BCUT2D eigenvalue weighted by molar-refractivity contribution is 5.85. The van der Waals surface area contributed by atoms with E-state index < -0.39 is 5.97 Å². The van der Waals surface area contributed by atoms with E-state index in [0.29, 0.717) is 5.82 Å². The summed E-state index contributed by atoms with van der Waals surface area (Å²) in [4.78, 5) is 15.0. The van der Waals surface area contributed by atoms with Gasteiger partial charge in [0.1, 0.15) is 0 Å². The number of hydrogen-bond acceptors (Lipinski definition) is 3. The molecule has 0 atom stereocenters. The van der Waals surface area contributed by atoms with Crippen molar-refractivity contribution in [2.24, 2.45) is 0 Å². The summed E-state index contributed by atoms with van der Waals surface area (Å²) in [5, 5.41) is 14.1. The van der Waals surface area contributed by atoms with E-state index in [1.807, 2.05) is 24.3 Å². The minimum Gasteiger partial charge on any atom is -0.477 e. The Labute approximate surface area is 102 Å². The summed E-state index contributed by atoms with van der Waals surface area (Å²) in [7, 11) is 0. The molecule has 0 aliphatic heterocycles. The molecule has 0 saturated heterocycles. The molecule has 5 nitrogen and oxygen atoms in total. The molecule has 5 heteroatoms. The highest BCUT2D eigenvalue weighted by Crippen LogP contribution is 2.16. The number of carboxylic acid groups (broad SMARTS) is 1. The van der Waals surface area contributed by atoms with Gasteiger partial charge < -0.3 is 5.11 Å². The maximum absolute atomic E-state index is 10.9. The maximum Gasteiger partial charge on any atom is 0.354 e. The number of rotatable bonds is 2. The number of benzene rings is 1. The Hall–Kier alpha value is -2.69. The number of aromatic carboxylic acids is 1. The molecular formula is C13H9N3O2. The van der Waals surface area contributed by atoms with Crippen LogP contribution in [0, 0.1) is 0 Å². The van der Waals surface area contributed by atoms with Gasteiger partial charge in [-0.05, 0) is 18.2 Å². The van der Waals surface area contributed by atoms with Crippen molar-refractivity contribution in [3.8, 4) is 5.82 Å². The zero-order valence-corrected chi connectivity index (χ0v) is 9.32. The lowest BCUT2D eigenvalue weighted by molar-refractivity contribution is 0.0690. The highest BCUT2D eigenvalue weighted by Gasteiger charge is 2.09. The second-order valence-corrected chi connectivity index (χ2v) is 3.80. The highest BCUT2D eigenvalue weighted by atomic mass is 16.4. The Bertz CT molecular complexity index is 734. The minimum absolute atomic E-state index is 0.00656. The first kappa shape index (κ1) is 10.5. The minimum atomic E-state index is -1.05. The molecule has 2 heterocycles. The van der Waals surface area contributed by atoms with Crippen molar-refractivity contribution in [1.29, 1.82) is 0 Å². The number of hydrogen-bond donors (Lipinski definition) is 1. The Kier molecular flexibility index (Phi) is 2.30. The summed E-state index contributed by atoms with van der Waals surface area (Å²) in [6.07, 6.45) is 1.73. The molecule has 2 aromatic heterocycles. The van der Waals surface area contributed by atoms with Crippen molar-refractivity contribution >= 4 is 16.9 Å². The van der Waals surface area contributed by atoms with Crippen LogP contribution in [0.15, 0.2) is 48.7 Å². The lowest BCUT2D eigenvalue weighted by atomic mass is 10.2. The lowest BCUT2D eigenvalue weighted by Crippen LogP contribution is -2.05. The van der Waals surface area contributed by atoms with Gasteiger partial charge in [0.15, 0.2) is 11.5 Å². The third-order valence-corrected chi connectivity index (χ3v) is 2.65. The molecule has 0 aliphatic carbocycles. The maximum atomic E-state index is 10.9. The van der Waals surface area contributed by atoms with E-state index in [-0.39, 0.29) is 5.69 Å². The molecule has 0 radical (unpaired) electrons. The molecular weight excluding hydrogens is 230 g/mol. The van der Waals surface area contributed by atoms with Gasteiger partial charge in [-0.25, -0.2) is 14.5 Å². The Morgan fingerprint density at radius 2 is 1.94 bits per heavy atom. The van der Waals surface area contributed by atoms with Crippen molar-refractivity contribution in [2.75, 3.05) is 0 Å². The van der Waals surface area contributed by atoms with Gasteiger partial charge in [-0.1, -0.05) is 24.3 Å². The summed E-state index contributed by atoms with van der Waals surface area (Å²) in [6.45, 7) is 0. The van der Waals surface area contributed by atoms with E-state index in [0.717, 1.165) is 10.9 Å². The largest absolute Gasteiger partial charge is 0.477 e. The number of pyridine rings is 1. The van der Waals surface area contributed by atoms with Crippen LogP contribution in [0.5, 0.6) is 0 Å². The second-order valence-electron chi connectivity index (χ2n) is 3.80. The molecule has 88 valence electrons. The number of para-hydroxylation sites is 1. The first-order chi connectivity index (χ1) is 8.75. The summed E-state index contributed by atoms with van der Waals surface area (Å²) >= 11 is 0. The predicted octanol–water partition coefficient (Wildman–Crippen LogP) is 2.12. The summed E-state index contributed by atoms with van der Waals surface area (Å²) < 4.78 is 1.63. The van der Waals surface area contributed by atoms with Crippen LogP contribution in [0.3, 0.4) is 0 Å². The number of nitrogens with zero attached hydrogens (tertiary/aromatic N) is 3. The van der Waals surface area contributed by atoms with E-state index in [2.05, 4.69) is 10.1 Å². The predicted molar refractivity (Wildman–Crippen MR) is 65.8 cm³/mol. The van der Waals surface area contributed by atoms with Crippen LogP contribution in [-0.4, -0.2) is 25.8 Å². The fourth-order valence-corrected chi connectivity index (χ4v) is 1.81. The average molecular weight is 239 g/mol. The second kappa shape index (κ2) is 3.96. The van der Waals surface area contributed by atoms with Crippen LogP contribution < -0.4 is 0 Å². The first-order valence-corrected chi connectivity index (χ1v) is 5.39. The molecule has 1 aromatic carbocycles. The topological polar surface area (TPSA) is 68.0 Å².